The van der Waals surface area contributed by atoms with Crippen molar-refractivity contribution in [3.63, 3.8) is 0 Å². The number of ether oxygens (including phenoxy) is 2. The smallest absolute Gasteiger partial charge is 0.342 e. The Bertz CT molecular complexity index is 1050. The van der Waals surface area contributed by atoms with Crippen LogP contribution in [0, 0.1) is 13.8 Å². The number of carbonyl (C=O) groups excluding carboxylic acids is 2. The van der Waals surface area contributed by atoms with Crippen molar-refractivity contribution in [1.29, 1.82) is 0 Å². The second-order valence-corrected chi connectivity index (χ2v) is 7.55. The highest BCUT2D eigenvalue weighted by atomic mass is 16.5. The van der Waals surface area contributed by atoms with Gasteiger partial charge in [-0.3, -0.25) is 9.89 Å². The Morgan fingerprint density at radius 3 is 2.77 bits per heavy atom. The summed E-state index contributed by atoms with van der Waals surface area (Å²) in [6, 6.07) is 11.2. The standard InChI is InChI=1S/C23H25N3O4/c1-15-11-19(16(2)26(15)13-18-9-6-10-29-18)21(27)14-30-23(28)20-12-24-25-22(20)17-7-4-3-5-8-17/h3-5,7-8,11-12,18H,6,9-10,13-14H2,1-2H3,(H,24,25). The summed E-state index contributed by atoms with van der Waals surface area (Å²) >= 11 is 0. The largest absolute Gasteiger partial charge is 0.454 e. The van der Waals surface area contributed by atoms with Gasteiger partial charge in [-0.15, -0.1) is 0 Å². The van der Waals surface area contributed by atoms with E-state index in [1.54, 1.807) is 0 Å². The summed E-state index contributed by atoms with van der Waals surface area (Å²) in [7, 11) is 0. The summed E-state index contributed by atoms with van der Waals surface area (Å²) in [4.78, 5) is 25.3. The molecule has 1 atom stereocenters. The fraction of sp³-hybridized carbons (Fsp3) is 0.348. The molecule has 3 heterocycles. The molecule has 3 aromatic rings. The van der Waals surface area contributed by atoms with Gasteiger partial charge < -0.3 is 14.0 Å². The average Bonchev–Trinajstić information content (AvgIpc) is 3.50. The summed E-state index contributed by atoms with van der Waals surface area (Å²) in [6.45, 7) is 5.11. The van der Waals surface area contributed by atoms with Crippen LogP contribution in [0.1, 0.15) is 44.9 Å². The Labute approximate surface area is 175 Å². The van der Waals surface area contributed by atoms with Gasteiger partial charge in [0.1, 0.15) is 5.56 Å². The molecule has 1 unspecified atom stereocenters. The Morgan fingerprint density at radius 1 is 1.23 bits per heavy atom. The fourth-order valence-electron chi connectivity index (χ4n) is 3.91. The van der Waals surface area contributed by atoms with Crippen molar-refractivity contribution in [2.75, 3.05) is 13.2 Å². The van der Waals surface area contributed by atoms with Gasteiger partial charge in [0.2, 0.25) is 5.78 Å². The number of aryl methyl sites for hydroxylation is 1. The van der Waals surface area contributed by atoms with E-state index < -0.39 is 5.97 Å². The van der Waals surface area contributed by atoms with Gasteiger partial charge in [0, 0.05) is 35.7 Å². The number of nitrogens with zero attached hydrogens (tertiary/aromatic N) is 2. The Morgan fingerprint density at radius 2 is 2.03 bits per heavy atom. The number of rotatable bonds is 7. The number of esters is 1. The molecule has 0 bridgehead atoms. The van der Waals surface area contributed by atoms with Gasteiger partial charge in [0.05, 0.1) is 18.0 Å². The zero-order valence-corrected chi connectivity index (χ0v) is 17.2. The highest BCUT2D eigenvalue weighted by molar-refractivity contribution is 6.01. The lowest BCUT2D eigenvalue weighted by Crippen LogP contribution is -2.18. The monoisotopic (exact) mass is 407 g/mol. The first kappa shape index (κ1) is 20.1. The molecule has 1 aromatic carbocycles. The molecule has 1 N–H and O–H groups in total. The number of hydrogen-bond donors (Lipinski definition) is 1. The van der Waals surface area contributed by atoms with Gasteiger partial charge in [0.25, 0.3) is 0 Å². The van der Waals surface area contributed by atoms with E-state index in [0.717, 1.165) is 42.9 Å². The number of benzene rings is 1. The van der Waals surface area contributed by atoms with Crippen molar-refractivity contribution < 1.29 is 19.1 Å². The van der Waals surface area contributed by atoms with Gasteiger partial charge >= 0.3 is 5.97 Å². The minimum Gasteiger partial charge on any atom is -0.454 e. The van der Waals surface area contributed by atoms with E-state index in [4.69, 9.17) is 9.47 Å². The molecule has 4 rings (SSSR count). The summed E-state index contributed by atoms with van der Waals surface area (Å²) < 4.78 is 13.1. The third kappa shape index (κ3) is 4.07. The van der Waals surface area contributed by atoms with Crippen molar-refractivity contribution >= 4 is 11.8 Å². The maximum atomic E-state index is 12.8. The number of aromatic nitrogens is 3. The van der Waals surface area contributed by atoms with Crippen molar-refractivity contribution in [2.45, 2.75) is 39.3 Å². The Hall–Kier alpha value is -3.19. The Kier molecular flexibility index (Phi) is 5.81. The molecule has 0 aliphatic carbocycles. The van der Waals surface area contributed by atoms with E-state index in [-0.39, 0.29) is 18.5 Å². The minimum atomic E-state index is -0.580. The van der Waals surface area contributed by atoms with E-state index in [2.05, 4.69) is 14.8 Å². The molecule has 1 aliphatic heterocycles. The zero-order chi connectivity index (χ0) is 21.1. The summed E-state index contributed by atoms with van der Waals surface area (Å²) in [5, 5.41) is 6.78. The lowest BCUT2D eigenvalue weighted by molar-refractivity contribution is 0.0475. The van der Waals surface area contributed by atoms with E-state index in [1.165, 1.54) is 6.20 Å². The molecule has 7 nitrogen and oxygen atoms in total. The number of carbonyl (C=O) groups is 2. The van der Waals surface area contributed by atoms with Gasteiger partial charge in [-0.1, -0.05) is 30.3 Å². The van der Waals surface area contributed by atoms with Crippen molar-refractivity contribution in [2.24, 2.45) is 0 Å². The van der Waals surface area contributed by atoms with E-state index >= 15 is 0 Å². The molecule has 0 spiro atoms. The maximum Gasteiger partial charge on any atom is 0.342 e. The first-order valence-corrected chi connectivity index (χ1v) is 10.1. The maximum absolute atomic E-state index is 12.8. The number of ketones is 1. The normalized spacial score (nSPS) is 16.0. The van der Waals surface area contributed by atoms with Crippen LogP contribution < -0.4 is 0 Å². The van der Waals surface area contributed by atoms with Crippen LogP contribution in [-0.4, -0.2) is 45.8 Å². The molecule has 7 heteroatoms. The van der Waals surface area contributed by atoms with Crippen LogP contribution in [0.15, 0.2) is 42.6 Å². The third-order valence-electron chi connectivity index (χ3n) is 5.54. The van der Waals surface area contributed by atoms with Crippen molar-refractivity contribution in [1.82, 2.24) is 14.8 Å². The molecule has 0 radical (unpaired) electrons. The van der Waals surface area contributed by atoms with Crippen LogP contribution in [0.2, 0.25) is 0 Å². The predicted molar refractivity (Wildman–Crippen MR) is 112 cm³/mol. The zero-order valence-electron chi connectivity index (χ0n) is 17.2. The molecule has 1 saturated heterocycles. The first-order valence-electron chi connectivity index (χ1n) is 10.1. The molecule has 1 aliphatic rings. The van der Waals surface area contributed by atoms with E-state index in [0.29, 0.717) is 16.8 Å². The highest BCUT2D eigenvalue weighted by Crippen LogP contribution is 2.23. The molecule has 156 valence electrons. The number of aromatic amines is 1. The quantitative estimate of drug-likeness (QED) is 0.477. The van der Waals surface area contributed by atoms with Gasteiger partial charge in [-0.2, -0.15) is 5.10 Å². The third-order valence-corrected chi connectivity index (χ3v) is 5.54. The lowest BCUT2D eigenvalue weighted by atomic mass is 10.1. The Balaban J connectivity index is 1.43. The van der Waals surface area contributed by atoms with Gasteiger partial charge in [-0.05, 0) is 32.8 Å². The second-order valence-electron chi connectivity index (χ2n) is 7.55. The first-order chi connectivity index (χ1) is 14.5. The van der Waals surface area contributed by atoms with Crippen molar-refractivity contribution in [3.05, 3.63) is 65.1 Å². The predicted octanol–water partition coefficient (Wildman–Crippen LogP) is 3.71. The molecular weight excluding hydrogens is 382 g/mol. The van der Waals surface area contributed by atoms with Crippen LogP contribution >= 0.6 is 0 Å². The average molecular weight is 407 g/mol. The lowest BCUT2D eigenvalue weighted by Gasteiger charge is -2.14. The fourth-order valence-corrected chi connectivity index (χ4v) is 3.91. The number of hydrogen-bond acceptors (Lipinski definition) is 5. The van der Waals surface area contributed by atoms with Crippen molar-refractivity contribution in [3.8, 4) is 11.3 Å². The molecule has 0 amide bonds. The van der Waals surface area contributed by atoms with Crippen LogP contribution in [0.25, 0.3) is 11.3 Å². The number of nitrogens with one attached hydrogen (secondary N) is 1. The number of H-pyrrole nitrogens is 1. The number of Topliss-reactive ketones (excluding diaryl/α,β-unsaturated/α-hetero) is 1. The van der Waals surface area contributed by atoms with E-state index in [1.807, 2.05) is 50.2 Å². The van der Waals surface area contributed by atoms with Gasteiger partial charge in [-0.25, -0.2) is 4.79 Å². The summed E-state index contributed by atoms with van der Waals surface area (Å²) in [6.07, 6.45) is 3.72. The topological polar surface area (TPSA) is 86.2 Å². The van der Waals surface area contributed by atoms with Crippen LogP contribution in [0.4, 0.5) is 0 Å². The molecule has 0 saturated carbocycles. The SMILES string of the molecule is Cc1cc(C(=O)COC(=O)c2cn[nH]c2-c2ccccc2)c(C)n1CC1CCCO1. The molecule has 2 aromatic heterocycles. The molecule has 1 fully saturated rings. The summed E-state index contributed by atoms with van der Waals surface area (Å²) in [5.74, 6) is -0.802. The van der Waals surface area contributed by atoms with E-state index in [9.17, 15) is 9.59 Å². The van der Waals surface area contributed by atoms with Crippen LogP contribution in [0.3, 0.4) is 0 Å². The highest BCUT2D eigenvalue weighted by Gasteiger charge is 2.23. The van der Waals surface area contributed by atoms with Crippen LogP contribution in [0.5, 0.6) is 0 Å². The second kappa shape index (κ2) is 8.67. The minimum absolute atomic E-state index is 0.188. The summed E-state index contributed by atoms with van der Waals surface area (Å²) in [5.41, 5.74) is 4.15. The van der Waals surface area contributed by atoms with Gasteiger partial charge in [0.15, 0.2) is 6.61 Å². The molecular formula is C23H25N3O4. The van der Waals surface area contributed by atoms with Crippen LogP contribution in [-0.2, 0) is 16.0 Å². The molecule has 30 heavy (non-hydrogen) atoms.